The first-order valence-corrected chi connectivity index (χ1v) is 7.65. The molecular formula is C16H28N+. The van der Waals surface area contributed by atoms with E-state index in [0.29, 0.717) is 5.54 Å². The molecule has 3 atom stereocenters. The molecule has 1 heteroatoms. The van der Waals surface area contributed by atoms with Crippen LogP contribution >= 0.6 is 0 Å². The van der Waals surface area contributed by atoms with Crippen molar-refractivity contribution in [3.05, 3.63) is 11.1 Å². The Labute approximate surface area is 106 Å². The van der Waals surface area contributed by atoms with Gasteiger partial charge in [-0.25, -0.2) is 0 Å². The standard InChI is InChI=1S/C16H28N/c1-4-13-11-16(2)15-8-6-5-7-14(15)9-10-17(16,3)12-13/h13H,4-12H2,1-3H3/q+1/t13-,16-,17+/m1/s1. The lowest BCUT2D eigenvalue weighted by Crippen LogP contribution is -2.60. The summed E-state index contributed by atoms with van der Waals surface area (Å²) in [7, 11) is 2.54. The maximum atomic E-state index is 2.59. The second-order valence-electron chi connectivity index (χ2n) is 7.09. The van der Waals surface area contributed by atoms with E-state index in [1.807, 2.05) is 11.1 Å². The summed E-state index contributed by atoms with van der Waals surface area (Å²) in [5.74, 6) is 0.971. The van der Waals surface area contributed by atoms with E-state index in [-0.39, 0.29) is 0 Å². The first-order chi connectivity index (χ1) is 8.09. The third-order valence-electron chi connectivity index (χ3n) is 6.26. The van der Waals surface area contributed by atoms with E-state index < -0.39 is 0 Å². The summed E-state index contributed by atoms with van der Waals surface area (Å²) in [6.45, 7) is 7.81. The predicted molar refractivity (Wildman–Crippen MR) is 72.8 cm³/mol. The van der Waals surface area contributed by atoms with Crippen molar-refractivity contribution < 1.29 is 4.48 Å². The molecule has 0 radical (unpaired) electrons. The number of hydrogen-bond donors (Lipinski definition) is 0. The molecule has 1 saturated heterocycles. The van der Waals surface area contributed by atoms with Crippen LogP contribution in [0.25, 0.3) is 0 Å². The normalized spacial score (nSPS) is 45.7. The smallest absolute Gasteiger partial charge is 0.118 e. The van der Waals surface area contributed by atoms with E-state index in [1.54, 1.807) is 0 Å². The van der Waals surface area contributed by atoms with Gasteiger partial charge in [0.25, 0.3) is 0 Å². The minimum Gasteiger partial charge on any atom is -0.317 e. The molecule has 0 aromatic heterocycles. The van der Waals surface area contributed by atoms with E-state index >= 15 is 0 Å². The molecule has 17 heavy (non-hydrogen) atoms. The summed E-state index contributed by atoms with van der Waals surface area (Å²) in [6.07, 6.45) is 9.97. The van der Waals surface area contributed by atoms with E-state index in [2.05, 4.69) is 20.9 Å². The fourth-order valence-corrected chi connectivity index (χ4v) is 4.95. The van der Waals surface area contributed by atoms with Gasteiger partial charge in [0, 0.05) is 18.8 Å². The summed E-state index contributed by atoms with van der Waals surface area (Å²) < 4.78 is 1.35. The van der Waals surface area contributed by atoms with Crippen LogP contribution in [0.2, 0.25) is 0 Å². The first kappa shape index (κ1) is 11.8. The highest BCUT2D eigenvalue weighted by Crippen LogP contribution is 2.52. The molecular weight excluding hydrogens is 206 g/mol. The van der Waals surface area contributed by atoms with Crippen molar-refractivity contribution in [1.82, 2.24) is 0 Å². The van der Waals surface area contributed by atoms with Crippen LogP contribution in [-0.4, -0.2) is 30.2 Å². The Bertz CT molecular complexity index is 357. The SMILES string of the molecule is CC[C@@H]1C[C@]2(C)C3=C(CCCC3)CC[N@@+]2(C)C1. The Morgan fingerprint density at radius 3 is 2.76 bits per heavy atom. The molecule has 1 fully saturated rings. The van der Waals surface area contributed by atoms with Crippen molar-refractivity contribution in [3.63, 3.8) is 0 Å². The van der Waals surface area contributed by atoms with Gasteiger partial charge in [0.2, 0.25) is 0 Å². The summed E-state index contributed by atoms with van der Waals surface area (Å²) in [6, 6.07) is 0. The van der Waals surface area contributed by atoms with Crippen LogP contribution in [0.4, 0.5) is 0 Å². The molecule has 2 heterocycles. The largest absolute Gasteiger partial charge is 0.317 e. The summed E-state index contributed by atoms with van der Waals surface area (Å²) >= 11 is 0. The molecule has 0 amide bonds. The highest BCUT2D eigenvalue weighted by molar-refractivity contribution is 5.29. The number of likely N-dealkylation sites (N-methyl/N-ethyl adjacent to an activating group) is 1. The van der Waals surface area contributed by atoms with E-state index in [4.69, 9.17) is 0 Å². The molecule has 0 aromatic carbocycles. The molecule has 0 aromatic rings. The lowest BCUT2D eigenvalue weighted by Gasteiger charge is -2.51. The summed E-state index contributed by atoms with van der Waals surface area (Å²) in [4.78, 5) is 0. The quantitative estimate of drug-likeness (QED) is 0.477. The topological polar surface area (TPSA) is 0 Å². The minimum atomic E-state index is 0.509. The summed E-state index contributed by atoms with van der Waals surface area (Å²) in [5, 5.41) is 0. The molecule has 0 unspecified atom stereocenters. The Hall–Kier alpha value is -0.300. The number of rotatable bonds is 1. The third-order valence-corrected chi connectivity index (χ3v) is 6.26. The molecule has 0 spiro atoms. The van der Waals surface area contributed by atoms with Crippen molar-refractivity contribution in [2.24, 2.45) is 5.92 Å². The Balaban J connectivity index is 2.01. The van der Waals surface area contributed by atoms with Crippen LogP contribution < -0.4 is 0 Å². The highest BCUT2D eigenvalue weighted by atomic mass is 15.4. The molecule has 96 valence electrons. The average Bonchev–Trinajstić information content (AvgIpc) is 2.62. The van der Waals surface area contributed by atoms with Gasteiger partial charge in [0.15, 0.2) is 0 Å². The number of fused-ring (bicyclic) bond motifs is 2. The van der Waals surface area contributed by atoms with Crippen molar-refractivity contribution >= 4 is 0 Å². The molecule has 3 rings (SSSR count). The number of nitrogens with zero attached hydrogens (tertiary/aromatic N) is 1. The molecule has 2 aliphatic heterocycles. The molecule has 1 nitrogen and oxygen atoms in total. The Morgan fingerprint density at radius 1 is 1.24 bits per heavy atom. The fourth-order valence-electron chi connectivity index (χ4n) is 4.95. The van der Waals surface area contributed by atoms with Crippen LogP contribution in [-0.2, 0) is 0 Å². The van der Waals surface area contributed by atoms with Crippen molar-refractivity contribution in [2.75, 3.05) is 20.1 Å². The molecule has 0 N–H and O–H groups in total. The average molecular weight is 234 g/mol. The number of quaternary nitrogens is 1. The Morgan fingerprint density at radius 2 is 2.00 bits per heavy atom. The van der Waals surface area contributed by atoms with Crippen molar-refractivity contribution in [2.45, 2.75) is 64.3 Å². The molecule has 1 aliphatic carbocycles. The van der Waals surface area contributed by atoms with Gasteiger partial charge in [-0.15, -0.1) is 0 Å². The second kappa shape index (κ2) is 3.85. The highest BCUT2D eigenvalue weighted by Gasteiger charge is 2.56. The lowest BCUT2D eigenvalue weighted by atomic mass is 9.73. The molecule has 0 saturated carbocycles. The van der Waals surface area contributed by atoms with Crippen LogP contribution in [0.3, 0.4) is 0 Å². The van der Waals surface area contributed by atoms with Gasteiger partial charge in [-0.3, -0.25) is 0 Å². The van der Waals surface area contributed by atoms with Crippen LogP contribution in [0, 0.1) is 5.92 Å². The zero-order valence-electron chi connectivity index (χ0n) is 11.9. The van der Waals surface area contributed by atoms with Crippen LogP contribution in [0.15, 0.2) is 11.1 Å². The van der Waals surface area contributed by atoms with Crippen LogP contribution in [0.1, 0.15) is 58.8 Å². The number of hydrogen-bond acceptors (Lipinski definition) is 0. The van der Waals surface area contributed by atoms with Gasteiger partial charge in [0.1, 0.15) is 5.54 Å². The fraction of sp³-hybridized carbons (Fsp3) is 0.875. The van der Waals surface area contributed by atoms with Gasteiger partial charge in [0.05, 0.1) is 20.1 Å². The van der Waals surface area contributed by atoms with Gasteiger partial charge in [-0.05, 0) is 44.6 Å². The third kappa shape index (κ3) is 1.54. The first-order valence-electron chi connectivity index (χ1n) is 7.65. The van der Waals surface area contributed by atoms with Gasteiger partial charge >= 0.3 is 0 Å². The van der Waals surface area contributed by atoms with Crippen molar-refractivity contribution in [1.29, 1.82) is 0 Å². The van der Waals surface area contributed by atoms with Crippen LogP contribution in [0.5, 0.6) is 0 Å². The molecule has 3 aliphatic rings. The second-order valence-corrected chi connectivity index (χ2v) is 7.09. The molecule has 0 bridgehead atoms. The Kier molecular flexibility index (Phi) is 2.66. The monoisotopic (exact) mass is 234 g/mol. The summed E-state index contributed by atoms with van der Waals surface area (Å²) in [5.41, 5.74) is 4.27. The van der Waals surface area contributed by atoms with E-state index in [9.17, 15) is 0 Å². The van der Waals surface area contributed by atoms with Crippen molar-refractivity contribution in [3.8, 4) is 0 Å². The van der Waals surface area contributed by atoms with E-state index in [1.165, 1.54) is 62.5 Å². The maximum absolute atomic E-state index is 2.59. The maximum Gasteiger partial charge on any atom is 0.118 e. The van der Waals surface area contributed by atoms with Gasteiger partial charge in [-0.2, -0.15) is 0 Å². The van der Waals surface area contributed by atoms with E-state index in [0.717, 1.165) is 5.92 Å². The van der Waals surface area contributed by atoms with Gasteiger partial charge in [-0.1, -0.05) is 12.5 Å². The zero-order chi connectivity index (χ0) is 12.1. The zero-order valence-corrected chi connectivity index (χ0v) is 11.9. The predicted octanol–water partition coefficient (Wildman–Crippen LogP) is 3.90. The van der Waals surface area contributed by atoms with Gasteiger partial charge < -0.3 is 4.48 Å². The lowest BCUT2D eigenvalue weighted by molar-refractivity contribution is -0.942. The minimum absolute atomic E-state index is 0.509.